The average molecular weight is 432 g/mol. The molecule has 9 heteroatoms. The van der Waals surface area contributed by atoms with Crippen molar-refractivity contribution in [3.8, 4) is 0 Å². The van der Waals surface area contributed by atoms with Crippen molar-refractivity contribution >= 4 is 34.0 Å². The van der Waals surface area contributed by atoms with Crippen LogP contribution in [0.1, 0.15) is 25.3 Å². The molecular formula is C21H26ClN5O3. The van der Waals surface area contributed by atoms with Crippen LogP contribution < -0.4 is 21.9 Å². The molecule has 3 rings (SSSR count). The first-order valence-electron chi connectivity index (χ1n) is 9.86. The van der Waals surface area contributed by atoms with Gasteiger partial charge in [0.15, 0.2) is 0 Å². The van der Waals surface area contributed by atoms with Crippen molar-refractivity contribution in [1.82, 2.24) is 14.5 Å². The van der Waals surface area contributed by atoms with E-state index in [0.29, 0.717) is 24.7 Å². The number of halogens is 1. The summed E-state index contributed by atoms with van der Waals surface area (Å²) in [5.41, 5.74) is 7.02. The molecule has 3 N–H and O–H groups in total. The fraction of sp³-hybridized carbons (Fsp3) is 0.381. The summed E-state index contributed by atoms with van der Waals surface area (Å²) in [5, 5.41) is 1.48. The molecule has 30 heavy (non-hydrogen) atoms. The molecule has 0 unspecified atom stereocenters. The first-order valence-corrected chi connectivity index (χ1v) is 10.2. The van der Waals surface area contributed by atoms with E-state index in [2.05, 4.69) is 9.97 Å². The third-order valence-corrected chi connectivity index (χ3v) is 5.36. The minimum Gasteiger partial charge on any atom is -0.383 e. The monoisotopic (exact) mass is 431 g/mol. The molecule has 0 saturated heterocycles. The van der Waals surface area contributed by atoms with Gasteiger partial charge in [0.25, 0.3) is 5.56 Å². The van der Waals surface area contributed by atoms with Crippen LogP contribution in [-0.2, 0) is 17.8 Å². The molecule has 0 atom stereocenters. The quantitative estimate of drug-likeness (QED) is 0.539. The van der Waals surface area contributed by atoms with Crippen LogP contribution in [0.2, 0.25) is 5.02 Å². The Morgan fingerprint density at radius 1 is 1.30 bits per heavy atom. The van der Waals surface area contributed by atoms with Crippen LogP contribution in [0.5, 0.6) is 0 Å². The van der Waals surface area contributed by atoms with E-state index in [9.17, 15) is 9.59 Å². The number of nitrogens with two attached hydrogens (primary N) is 1. The van der Waals surface area contributed by atoms with Crippen LogP contribution in [0.4, 0.5) is 11.5 Å². The lowest BCUT2D eigenvalue weighted by molar-refractivity contribution is 0.205. The number of hydrogen-bond donors (Lipinski definition) is 2. The Labute approximate surface area is 179 Å². The van der Waals surface area contributed by atoms with Gasteiger partial charge in [0, 0.05) is 48.9 Å². The van der Waals surface area contributed by atoms with Crippen LogP contribution in [0, 0.1) is 0 Å². The van der Waals surface area contributed by atoms with E-state index >= 15 is 0 Å². The van der Waals surface area contributed by atoms with Crippen LogP contribution in [0.25, 0.3) is 10.9 Å². The van der Waals surface area contributed by atoms with Gasteiger partial charge in [-0.25, -0.2) is 4.79 Å². The second-order valence-electron chi connectivity index (χ2n) is 7.01. The summed E-state index contributed by atoms with van der Waals surface area (Å²) in [4.78, 5) is 33.7. The molecule has 0 spiro atoms. The van der Waals surface area contributed by atoms with Crippen molar-refractivity contribution in [1.29, 1.82) is 0 Å². The molecule has 8 nitrogen and oxygen atoms in total. The summed E-state index contributed by atoms with van der Waals surface area (Å²) in [6.07, 6.45) is 3.37. The Morgan fingerprint density at radius 2 is 2.10 bits per heavy atom. The van der Waals surface area contributed by atoms with Crippen molar-refractivity contribution in [2.45, 2.75) is 32.9 Å². The van der Waals surface area contributed by atoms with Crippen molar-refractivity contribution in [2.24, 2.45) is 0 Å². The number of nitrogens with one attached hydrogen (secondary N) is 1. The molecule has 0 amide bonds. The number of hydrogen-bond acceptors (Lipinski definition) is 6. The van der Waals surface area contributed by atoms with E-state index in [0.717, 1.165) is 29.3 Å². The number of benzene rings is 1. The number of unbranched alkanes of at least 4 members (excludes halogenated alkanes) is 1. The highest BCUT2D eigenvalue weighted by Gasteiger charge is 2.21. The summed E-state index contributed by atoms with van der Waals surface area (Å²) in [5.74, 6) is 0.137. The topological polar surface area (TPSA) is 106 Å². The van der Waals surface area contributed by atoms with Gasteiger partial charge in [-0.15, -0.1) is 0 Å². The van der Waals surface area contributed by atoms with E-state index in [-0.39, 0.29) is 18.1 Å². The van der Waals surface area contributed by atoms with E-state index in [1.165, 1.54) is 4.57 Å². The fourth-order valence-electron chi connectivity index (χ4n) is 3.41. The zero-order chi connectivity index (χ0) is 21.7. The van der Waals surface area contributed by atoms with E-state index in [1.54, 1.807) is 18.2 Å². The van der Waals surface area contributed by atoms with Crippen molar-refractivity contribution < 1.29 is 4.74 Å². The molecule has 0 aliphatic heterocycles. The number of methoxy groups -OCH3 is 1. The van der Waals surface area contributed by atoms with Crippen LogP contribution in [0.3, 0.4) is 0 Å². The Kier molecular flexibility index (Phi) is 7.12. The summed E-state index contributed by atoms with van der Waals surface area (Å²) >= 11 is 6.50. The largest absolute Gasteiger partial charge is 0.383 e. The highest BCUT2D eigenvalue weighted by Crippen LogP contribution is 2.28. The Balaban J connectivity index is 2.12. The Bertz CT molecular complexity index is 1140. The Hall–Kier alpha value is -2.84. The molecule has 1 aromatic carbocycles. The van der Waals surface area contributed by atoms with E-state index in [1.807, 2.05) is 31.2 Å². The lowest BCUT2D eigenvalue weighted by Gasteiger charge is -2.27. The van der Waals surface area contributed by atoms with Crippen molar-refractivity contribution in [3.63, 3.8) is 0 Å². The molecule has 2 aromatic heterocycles. The normalized spacial score (nSPS) is 11.2. The number of nitrogens with zero attached hydrogens (tertiary/aromatic N) is 3. The highest BCUT2D eigenvalue weighted by atomic mass is 35.5. The third kappa shape index (κ3) is 4.49. The predicted molar refractivity (Wildman–Crippen MR) is 120 cm³/mol. The van der Waals surface area contributed by atoms with Gasteiger partial charge in [-0.05, 0) is 18.6 Å². The minimum absolute atomic E-state index is 0.137. The number of pyridine rings is 1. The molecule has 0 radical (unpaired) electrons. The fourth-order valence-corrected chi connectivity index (χ4v) is 3.63. The first kappa shape index (κ1) is 21.9. The van der Waals surface area contributed by atoms with Gasteiger partial charge in [-0.1, -0.05) is 37.1 Å². The third-order valence-electron chi connectivity index (χ3n) is 5.00. The van der Waals surface area contributed by atoms with Crippen LogP contribution in [0.15, 0.2) is 40.1 Å². The van der Waals surface area contributed by atoms with Crippen LogP contribution >= 0.6 is 11.6 Å². The van der Waals surface area contributed by atoms with E-state index in [4.69, 9.17) is 22.1 Å². The van der Waals surface area contributed by atoms with Crippen molar-refractivity contribution in [3.05, 3.63) is 61.9 Å². The molecule has 0 aliphatic rings. The zero-order valence-electron chi connectivity index (χ0n) is 17.2. The van der Waals surface area contributed by atoms with Gasteiger partial charge in [0.05, 0.1) is 12.1 Å². The maximum Gasteiger partial charge on any atom is 0.330 e. The van der Waals surface area contributed by atoms with Gasteiger partial charge < -0.3 is 15.4 Å². The SMILES string of the molecule is CCCCn1c(N)c(N(CCOC)Cc2c(Cl)ccc3cccnc23)c(=O)[nH]c1=O. The number of aromatic nitrogens is 3. The number of fused-ring (bicyclic) bond motifs is 1. The summed E-state index contributed by atoms with van der Waals surface area (Å²) < 4.78 is 6.64. The van der Waals surface area contributed by atoms with E-state index < -0.39 is 11.2 Å². The molecular weight excluding hydrogens is 406 g/mol. The highest BCUT2D eigenvalue weighted by molar-refractivity contribution is 6.32. The van der Waals surface area contributed by atoms with Crippen LogP contribution in [-0.4, -0.2) is 34.8 Å². The first-order chi connectivity index (χ1) is 14.5. The number of ether oxygens (including phenoxy) is 1. The smallest absolute Gasteiger partial charge is 0.330 e. The number of nitrogen functional groups attached to an aromatic ring is 1. The standard InChI is InChI=1S/C21H26ClN5O3/c1-3-4-10-27-19(23)18(20(28)25-21(27)29)26(11-12-30-2)13-15-16(22)8-7-14-6-5-9-24-17(14)15/h5-9H,3-4,10-13,23H2,1-2H3,(H,25,28,29). The maximum atomic E-state index is 12.8. The molecule has 0 fully saturated rings. The molecule has 160 valence electrons. The maximum absolute atomic E-state index is 12.8. The minimum atomic E-state index is -0.536. The summed E-state index contributed by atoms with van der Waals surface area (Å²) in [7, 11) is 1.58. The zero-order valence-corrected chi connectivity index (χ0v) is 17.9. The Morgan fingerprint density at radius 3 is 2.83 bits per heavy atom. The van der Waals surface area contributed by atoms with Crippen molar-refractivity contribution in [2.75, 3.05) is 30.9 Å². The number of aromatic amines is 1. The molecule has 3 aromatic rings. The molecule has 0 bridgehead atoms. The van der Waals surface area contributed by atoms with Gasteiger partial charge in [0.2, 0.25) is 0 Å². The summed E-state index contributed by atoms with van der Waals surface area (Å²) in [6, 6.07) is 7.52. The average Bonchev–Trinajstić information content (AvgIpc) is 2.73. The molecule has 2 heterocycles. The number of H-pyrrole nitrogens is 1. The summed E-state index contributed by atoms with van der Waals surface area (Å²) in [6.45, 7) is 3.49. The van der Waals surface area contributed by atoms with Gasteiger partial charge in [-0.2, -0.15) is 0 Å². The lowest BCUT2D eigenvalue weighted by Crippen LogP contribution is -2.39. The number of rotatable bonds is 9. The molecule has 0 saturated carbocycles. The predicted octanol–water partition coefficient (Wildman–Crippen LogP) is 2.77. The van der Waals surface area contributed by atoms with Gasteiger partial charge >= 0.3 is 5.69 Å². The van der Waals surface area contributed by atoms with Gasteiger partial charge in [-0.3, -0.25) is 19.3 Å². The second-order valence-corrected chi connectivity index (χ2v) is 7.42. The van der Waals surface area contributed by atoms with Gasteiger partial charge in [0.1, 0.15) is 11.5 Å². The second kappa shape index (κ2) is 9.77. The lowest BCUT2D eigenvalue weighted by atomic mass is 10.1. The molecule has 0 aliphatic carbocycles. The number of anilines is 2.